The zero-order valence-corrected chi connectivity index (χ0v) is 13.6. The lowest BCUT2D eigenvalue weighted by molar-refractivity contribution is -0.138. The van der Waals surface area contributed by atoms with Crippen molar-refractivity contribution < 1.29 is 19.4 Å². The van der Waals surface area contributed by atoms with E-state index in [0.717, 1.165) is 23.0 Å². The normalized spacial score (nSPS) is 10.7. The molecule has 0 fully saturated rings. The second-order valence-electron chi connectivity index (χ2n) is 4.38. The van der Waals surface area contributed by atoms with Gasteiger partial charge in [0.05, 0.1) is 25.2 Å². The van der Waals surface area contributed by atoms with Crippen LogP contribution in [0, 0.1) is 0 Å². The highest BCUT2D eigenvalue weighted by Crippen LogP contribution is 2.37. The Morgan fingerprint density at radius 1 is 1.35 bits per heavy atom. The van der Waals surface area contributed by atoms with Crippen LogP contribution < -0.4 is 9.47 Å². The van der Waals surface area contributed by atoms with Gasteiger partial charge >= 0.3 is 5.97 Å². The predicted molar refractivity (Wildman–Crippen MR) is 80.4 cm³/mol. The Balaban J connectivity index is 2.97. The first-order valence-corrected chi connectivity index (χ1v) is 7.16. The van der Waals surface area contributed by atoms with Crippen molar-refractivity contribution in [3.8, 4) is 11.5 Å². The van der Waals surface area contributed by atoms with Crippen LogP contribution in [0.15, 0.2) is 16.6 Å². The minimum Gasteiger partial charge on any atom is -0.493 e. The van der Waals surface area contributed by atoms with Crippen LogP contribution in [0.5, 0.6) is 11.5 Å². The lowest BCUT2D eigenvalue weighted by Crippen LogP contribution is -2.30. The van der Waals surface area contributed by atoms with Crippen molar-refractivity contribution in [3.05, 3.63) is 22.2 Å². The number of hydrogen-bond acceptors (Lipinski definition) is 4. The lowest BCUT2D eigenvalue weighted by atomic mass is 10.2. The highest BCUT2D eigenvalue weighted by molar-refractivity contribution is 9.10. The first-order chi connectivity index (χ1) is 9.53. The van der Waals surface area contributed by atoms with E-state index < -0.39 is 5.97 Å². The average Bonchev–Trinajstić information content (AvgIpc) is 2.40. The van der Waals surface area contributed by atoms with Gasteiger partial charge in [0.15, 0.2) is 11.5 Å². The van der Waals surface area contributed by atoms with Gasteiger partial charge < -0.3 is 14.6 Å². The smallest absolute Gasteiger partial charge is 0.317 e. The van der Waals surface area contributed by atoms with E-state index in [4.69, 9.17) is 14.6 Å². The number of carboxylic acid groups (broad SMARTS) is 1. The molecule has 0 heterocycles. The van der Waals surface area contributed by atoms with Crippen LogP contribution in [-0.2, 0) is 11.3 Å². The minimum absolute atomic E-state index is 0.0224. The monoisotopic (exact) mass is 345 g/mol. The number of nitrogens with zero attached hydrogens (tertiary/aromatic N) is 1. The summed E-state index contributed by atoms with van der Waals surface area (Å²) in [5.74, 6) is 0.440. The summed E-state index contributed by atoms with van der Waals surface area (Å²) in [6.07, 6.45) is 0.901. The topological polar surface area (TPSA) is 59.0 Å². The average molecular weight is 346 g/mol. The summed E-state index contributed by atoms with van der Waals surface area (Å²) in [7, 11) is 3.16. The molecule has 5 nitrogen and oxygen atoms in total. The molecule has 0 aromatic heterocycles. The molecule has 20 heavy (non-hydrogen) atoms. The van der Waals surface area contributed by atoms with Gasteiger partial charge in [-0.1, -0.05) is 13.0 Å². The van der Waals surface area contributed by atoms with Crippen molar-refractivity contribution in [2.75, 3.05) is 27.3 Å². The van der Waals surface area contributed by atoms with Crippen molar-refractivity contribution in [1.82, 2.24) is 4.90 Å². The van der Waals surface area contributed by atoms with Crippen LogP contribution in [-0.4, -0.2) is 43.3 Å². The van der Waals surface area contributed by atoms with Gasteiger partial charge in [0.2, 0.25) is 0 Å². The molecule has 0 aliphatic carbocycles. The third-order valence-corrected chi connectivity index (χ3v) is 3.73. The number of aliphatic carboxylic acids is 1. The Kier molecular flexibility index (Phi) is 6.81. The number of carbonyl (C=O) groups is 1. The van der Waals surface area contributed by atoms with E-state index >= 15 is 0 Å². The standard InChI is InChI=1S/C14H20BrNO4/c1-4-7-16(9-12(17)18)8-10-5-6-11(19-2)14(20-3)13(10)15/h5-6H,4,7-9H2,1-3H3,(H,17,18). The summed E-state index contributed by atoms with van der Waals surface area (Å²) in [5, 5.41) is 8.94. The van der Waals surface area contributed by atoms with E-state index in [0.29, 0.717) is 18.0 Å². The molecule has 0 bridgehead atoms. The fourth-order valence-corrected chi connectivity index (χ4v) is 2.63. The number of rotatable bonds is 8. The summed E-state index contributed by atoms with van der Waals surface area (Å²) >= 11 is 3.50. The Hall–Kier alpha value is -1.27. The SMILES string of the molecule is CCCN(CC(=O)O)Cc1ccc(OC)c(OC)c1Br. The molecule has 1 aromatic carbocycles. The van der Waals surface area contributed by atoms with E-state index in [1.165, 1.54) is 0 Å². The Morgan fingerprint density at radius 3 is 2.55 bits per heavy atom. The predicted octanol–water partition coefficient (Wildman–Crippen LogP) is 2.76. The molecule has 0 atom stereocenters. The highest BCUT2D eigenvalue weighted by Gasteiger charge is 2.16. The maximum Gasteiger partial charge on any atom is 0.317 e. The van der Waals surface area contributed by atoms with E-state index in [2.05, 4.69) is 15.9 Å². The molecule has 0 aliphatic rings. The molecule has 6 heteroatoms. The minimum atomic E-state index is -0.824. The Morgan fingerprint density at radius 2 is 2.05 bits per heavy atom. The van der Waals surface area contributed by atoms with Crippen LogP contribution in [0.4, 0.5) is 0 Å². The first kappa shape index (κ1) is 16.8. The lowest BCUT2D eigenvalue weighted by Gasteiger charge is -2.21. The Labute approximate surface area is 127 Å². The second-order valence-corrected chi connectivity index (χ2v) is 5.17. The molecule has 112 valence electrons. The molecule has 0 radical (unpaired) electrons. The van der Waals surface area contributed by atoms with Gasteiger partial charge in [-0.3, -0.25) is 9.69 Å². The van der Waals surface area contributed by atoms with Gasteiger partial charge in [-0.2, -0.15) is 0 Å². The highest BCUT2D eigenvalue weighted by atomic mass is 79.9. The van der Waals surface area contributed by atoms with Crippen molar-refractivity contribution in [2.45, 2.75) is 19.9 Å². The number of ether oxygens (including phenoxy) is 2. The van der Waals surface area contributed by atoms with Gasteiger partial charge in [0, 0.05) is 6.54 Å². The van der Waals surface area contributed by atoms with Gasteiger partial charge in [-0.15, -0.1) is 0 Å². The van der Waals surface area contributed by atoms with Gasteiger partial charge in [-0.05, 0) is 40.5 Å². The summed E-state index contributed by atoms with van der Waals surface area (Å²) in [6.45, 7) is 3.32. The summed E-state index contributed by atoms with van der Waals surface area (Å²) in [4.78, 5) is 12.8. The number of halogens is 1. The van der Waals surface area contributed by atoms with Crippen molar-refractivity contribution in [1.29, 1.82) is 0 Å². The van der Waals surface area contributed by atoms with Crippen molar-refractivity contribution in [2.24, 2.45) is 0 Å². The van der Waals surface area contributed by atoms with Crippen molar-refractivity contribution in [3.63, 3.8) is 0 Å². The largest absolute Gasteiger partial charge is 0.493 e. The van der Waals surface area contributed by atoms with E-state index in [1.807, 2.05) is 24.0 Å². The quantitative estimate of drug-likeness (QED) is 0.784. The molecule has 0 aliphatic heterocycles. The summed E-state index contributed by atoms with van der Waals surface area (Å²) in [6, 6.07) is 3.74. The number of methoxy groups -OCH3 is 2. The summed E-state index contributed by atoms with van der Waals surface area (Å²) in [5.41, 5.74) is 0.970. The number of carboxylic acids is 1. The molecule has 1 aromatic rings. The fraction of sp³-hybridized carbons (Fsp3) is 0.500. The third kappa shape index (κ3) is 4.38. The fourth-order valence-electron chi connectivity index (χ4n) is 2.01. The Bertz CT molecular complexity index is 465. The van der Waals surface area contributed by atoms with Crippen LogP contribution in [0.25, 0.3) is 0 Å². The van der Waals surface area contributed by atoms with Crippen LogP contribution in [0.1, 0.15) is 18.9 Å². The zero-order chi connectivity index (χ0) is 15.1. The maximum absolute atomic E-state index is 10.9. The van der Waals surface area contributed by atoms with E-state index in [1.54, 1.807) is 14.2 Å². The molecular weight excluding hydrogens is 326 g/mol. The molecule has 0 amide bonds. The third-order valence-electron chi connectivity index (χ3n) is 2.86. The van der Waals surface area contributed by atoms with E-state index in [9.17, 15) is 4.79 Å². The summed E-state index contributed by atoms with van der Waals surface area (Å²) < 4.78 is 11.3. The second kappa shape index (κ2) is 8.11. The van der Waals surface area contributed by atoms with Crippen LogP contribution >= 0.6 is 15.9 Å². The molecule has 0 spiro atoms. The zero-order valence-electron chi connectivity index (χ0n) is 12.0. The van der Waals surface area contributed by atoms with Gasteiger partial charge in [0.25, 0.3) is 0 Å². The van der Waals surface area contributed by atoms with Crippen LogP contribution in [0.2, 0.25) is 0 Å². The van der Waals surface area contributed by atoms with E-state index in [-0.39, 0.29) is 6.54 Å². The molecule has 1 N–H and O–H groups in total. The molecule has 0 saturated heterocycles. The molecule has 1 rings (SSSR count). The van der Waals surface area contributed by atoms with Crippen LogP contribution in [0.3, 0.4) is 0 Å². The number of benzene rings is 1. The maximum atomic E-state index is 10.9. The molecular formula is C14H20BrNO4. The van der Waals surface area contributed by atoms with Gasteiger partial charge in [-0.25, -0.2) is 0 Å². The number of hydrogen-bond donors (Lipinski definition) is 1. The molecule has 0 saturated carbocycles. The van der Waals surface area contributed by atoms with Crippen molar-refractivity contribution >= 4 is 21.9 Å². The first-order valence-electron chi connectivity index (χ1n) is 6.37. The van der Waals surface area contributed by atoms with Gasteiger partial charge in [0.1, 0.15) is 0 Å². The molecule has 0 unspecified atom stereocenters.